The van der Waals surface area contributed by atoms with Crippen LogP contribution in [0.2, 0.25) is 5.02 Å². The van der Waals surface area contributed by atoms with Crippen LogP contribution in [-0.4, -0.2) is 32.3 Å². The third-order valence-corrected chi connectivity index (χ3v) is 2.17. The highest BCUT2D eigenvalue weighted by molar-refractivity contribution is 6.32. The van der Waals surface area contributed by atoms with E-state index in [1.165, 1.54) is 0 Å². The quantitative estimate of drug-likeness (QED) is 0.726. The zero-order chi connectivity index (χ0) is 11.1. The highest BCUT2D eigenvalue weighted by atomic mass is 35.5. The Morgan fingerprint density at radius 1 is 1.53 bits per heavy atom. The molecule has 2 N–H and O–H groups in total. The second-order valence-electron chi connectivity index (χ2n) is 3.12. The lowest BCUT2D eigenvalue weighted by molar-refractivity contribution is 0.210. The van der Waals surface area contributed by atoms with Gasteiger partial charge in [0.15, 0.2) is 0 Å². The van der Waals surface area contributed by atoms with E-state index in [1.807, 2.05) is 13.1 Å². The molecule has 0 saturated heterocycles. The Morgan fingerprint density at radius 2 is 2.33 bits per heavy atom. The van der Waals surface area contributed by atoms with E-state index < -0.39 is 0 Å². The van der Waals surface area contributed by atoms with Crippen molar-refractivity contribution in [3.05, 3.63) is 22.8 Å². The van der Waals surface area contributed by atoms with Gasteiger partial charge in [0, 0.05) is 26.4 Å². The van der Waals surface area contributed by atoms with Crippen LogP contribution in [-0.2, 0) is 11.3 Å². The maximum atomic E-state index is 6.05. The molecule has 4 nitrogen and oxygen atoms in total. The van der Waals surface area contributed by atoms with Gasteiger partial charge in [0.1, 0.15) is 5.82 Å². The Hall–Kier alpha value is -0.840. The van der Waals surface area contributed by atoms with Gasteiger partial charge in [-0.3, -0.25) is 0 Å². The summed E-state index contributed by atoms with van der Waals surface area (Å²) in [6.45, 7) is 2.11. The van der Waals surface area contributed by atoms with Crippen molar-refractivity contribution in [2.45, 2.75) is 6.54 Å². The number of hydrogen-bond donors (Lipinski definition) is 2. The van der Waals surface area contributed by atoms with Crippen LogP contribution in [0.5, 0.6) is 0 Å². The number of aromatic nitrogens is 1. The van der Waals surface area contributed by atoms with E-state index in [2.05, 4.69) is 15.6 Å². The van der Waals surface area contributed by atoms with Gasteiger partial charge in [-0.25, -0.2) is 4.98 Å². The molecule has 0 unspecified atom stereocenters. The molecule has 0 atom stereocenters. The van der Waals surface area contributed by atoms with Crippen LogP contribution in [0.15, 0.2) is 12.3 Å². The number of rotatable bonds is 6. The average Bonchev–Trinajstić information content (AvgIpc) is 2.22. The monoisotopic (exact) mass is 229 g/mol. The fourth-order valence-electron chi connectivity index (χ4n) is 1.18. The summed E-state index contributed by atoms with van der Waals surface area (Å²) < 4.78 is 4.92. The molecular formula is C10H16ClN3O. The predicted octanol–water partition coefficient (Wildman–Crippen LogP) is 1.51. The minimum Gasteiger partial charge on any atom is -0.383 e. The summed E-state index contributed by atoms with van der Waals surface area (Å²) in [7, 11) is 3.55. The minimum absolute atomic E-state index is 0.635. The molecule has 0 spiro atoms. The number of nitrogens with zero attached hydrogens (tertiary/aromatic N) is 1. The first-order valence-electron chi connectivity index (χ1n) is 4.79. The maximum absolute atomic E-state index is 6.05. The van der Waals surface area contributed by atoms with Gasteiger partial charge in [0.25, 0.3) is 0 Å². The van der Waals surface area contributed by atoms with Gasteiger partial charge in [0.2, 0.25) is 0 Å². The molecule has 84 valence electrons. The van der Waals surface area contributed by atoms with Crippen molar-refractivity contribution in [1.29, 1.82) is 0 Å². The highest BCUT2D eigenvalue weighted by Crippen LogP contribution is 2.19. The molecule has 0 amide bonds. The fourth-order valence-corrected chi connectivity index (χ4v) is 1.44. The van der Waals surface area contributed by atoms with E-state index in [1.54, 1.807) is 13.3 Å². The summed E-state index contributed by atoms with van der Waals surface area (Å²) in [5.74, 6) is 0.702. The van der Waals surface area contributed by atoms with Gasteiger partial charge in [-0.15, -0.1) is 0 Å². The number of halogens is 1. The molecule has 0 bridgehead atoms. The summed E-state index contributed by atoms with van der Waals surface area (Å²) in [6, 6.07) is 1.90. The summed E-state index contributed by atoms with van der Waals surface area (Å²) in [5, 5.41) is 6.78. The van der Waals surface area contributed by atoms with Crippen molar-refractivity contribution in [2.75, 3.05) is 32.6 Å². The summed E-state index contributed by atoms with van der Waals surface area (Å²) in [5.41, 5.74) is 1.07. The molecule has 0 aromatic carbocycles. The topological polar surface area (TPSA) is 46.2 Å². The Labute approximate surface area is 95.0 Å². The van der Waals surface area contributed by atoms with Gasteiger partial charge < -0.3 is 15.4 Å². The number of pyridine rings is 1. The smallest absolute Gasteiger partial charge is 0.144 e. The molecule has 0 aliphatic rings. The predicted molar refractivity (Wildman–Crippen MR) is 62.4 cm³/mol. The molecule has 1 aromatic heterocycles. The summed E-state index contributed by atoms with van der Waals surface area (Å²) in [6.07, 6.45) is 1.80. The molecule has 0 saturated carbocycles. The normalized spacial score (nSPS) is 10.3. The maximum Gasteiger partial charge on any atom is 0.144 e. The summed E-state index contributed by atoms with van der Waals surface area (Å²) >= 11 is 6.05. The number of hydrogen-bond acceptors (Lipinski definition) is 4. The average molecular weight is 230 g/mol. The lowest BCUT2D eigenvalue weighted by Crippen LogP contribution is -2.10. The lowest BCUT2D eigenvalue weighted by Gasteiger charge is -2.08. The largest absolute Gasteiger partial charge is 0.383 e. The summed E-state index contributed by atoms with van der Waals surface area (Å²) in [4.78, 5) is 4.23. The van der Waals surface area contributed by atoms with Crippen molar-refractivity contribution >= 4 is 17.4 Å². The van der Waals surface area contributed by atoms with Crippen LogP contribution in [0.25, 0.3) is 0 Å². The Kier molecular flexibility index (Phi) is 5.39. The molecule has 0 aliphatic carbocycles. The molecule has 15 heavy (non-hydrogen) atoms. The van der Waals surface area contributed by atoms with E-state index in [4.69, 9.17) is 16.3 Å². The van der Waals surface area contributed by atoms with Gasteiger partial charge in [-0.2, -0.15) is 0 Å². The van der Waals surface area contributed by atoms with E-state index in [0.717, 1.165) is 12.1 Å². The second-order valence-corrected chi connectivity index (χ2v) is 3.53. The molecule has 0 aliphatic heterocycles. The Balaban J connectivity index is 2.58. The first-order valence-corrected chi connectivity index (χ1v) is 5.17. The van der Waals surface area contributed by atoms with Crippen LogP contribution < -0.4 is 10.6 Å². The molecule has 1 aromatic rings. The van der Waals surface area contributed by atoms with Crippen molar-refractivity contribution in [3.63, 3.8) is 0 Å². The number of methoxy groups -OCH3 is 1. The molecular weight excluding hydrogens is 214 g/mol. The van der Waals surface area contributed by atoms with E-state index in [0.29, 0.717) is 24.0 Å². The Bertz CT molecular complexity index is 307. The first-order chi connectivity index (χ1) is 7.27. The van der Waals surface area contributed by atoms with Crippen molar-refractivity contribution in [2.24, 2.45) is 0 Å². The van der Waals surface area contributed by atoms with Crippen LogP contribution in [0.4, 0.5) is 5.82 Å². The zero-order valence-corrected chi connectivity index (χ0v) is 9.77. The zero-order valence-electron chi connectivity index (χ0n) is 9.01. The third kappa shape index (κ3) is 4.03. The standard InChI is InChI=1S/C10H16ClN3O/c1-12-6-8-5-9(11)10(14-7-8)13-3-4-15-2/h5,7,12H,3-4,6H2,1-2H3,(H,13,14). The van der Waals surface area contributed by atoms with E-state index in [9.17, 15) is 0 Å². The van der Waals surface area contributed by atoms with Crippen LogP contribution in [0.1, 0.15) is 5.56 Å². The van der Waals surface area contributed by atoms with Crippen LogP contribution in [0, 0.1) is 0 Å². The number of anilines is 1. The van der Waals surface area contributed by atoms with Crippen molar-refractivity contribution in [1.82, 2.24) is 10.3 Å². The van der Waals surface area contributed by atoms with Crippen LogP contribution >= 0.6 is 11.6 Å². The van der Waals surface area contributed by atoms with Gasteiger partial charge in [0.05, 0.1) is 11.6 Å². The van der Waals surface area contributed by atoms with Crippen LogP contribution in [0.3, 0.4) is 0 Å². The molecule has 1 rings (SSSR count). The second kappa shape index (κ2) is 6.61. The van der Waals surface area contributed by atoms with Crippen molar-refractivity contribution in [3.8, 4) is 0 Å². The van der Waals surface area contributed by atoms with Gasteiger partial charge in [-0.1, -0.05) is 11.6 Å². The molecule has 0 fully saturated rings. The fraction of sp³-hybridized carbons (Fsp3) is 0.500. The first kappa shape index (κ1) is 12.2. The SMILES string of the molecule is CNCc1cnc(NCCOC)c(Cl)c1. The molecule has 1 heterocycles. The molecule has 5 heteroatoms. The number of nitrogens with one attached hydrogen (secondary N) is 2. The highest BCUT2D eigenvalue weighted by Gasteiger charge is 2.02. The van der Waals surface area contributed by atoms with Gasteiger partial charge in [-0.05, 0) is 18.7 Å². The minimum atomic E-state index is 0.635. The molecule has 0 radical (unpaired) electrons. The number of ether oxygens (including phenoxy) is 1. The van der Waals surface area contributed by atoms with Crippen molar-refractivity contribution < 1.29 is 4.74 Å². The van der Waals surface area contributed by atoms with E-state index in [-0.39, 0.29) is 0 Å². The third-order valence-electron chi connectivity index (χ3n) is 1.88. The van der Waals surface area contributed by atoms with E-state index >= 15 is 0 Å². The lowest BCUT2D eigenvalue weighted by atomic mass is 10.3. The van der Waals surface area contributed by atoms with Gasteiger partial charge >= 0.3 is 0 Å². The Morgan fingerprint density at radius 3 is 2.93 bits per heavy atom.